The molecule has 13 heteroatoms. The average Bonchev–Trinajstić information content (AvgIpc) is 2.81. The number of rotatable bonds is 4. The van der Waals surface area contributed by atoms with Gasteiger partial charge in [0.2, 0.25) is 5.91 Å². The first-order chi connectivity index (χ1) is 17.4. The minimum Gasteiger partial charge on any atom is -0.456 e. The predicted octanol–water partition coefficient (Wildman–Crippen LogP) is -0.642. The molecule has 1 amide bonds. The van der Waals surface area contributed by atoms with Crippen molar-refractivity contribution < 1.29 is 138 Å². The Balaban J connectivity index is 0.00000280. The molecule has 3 fully saturated rings. The molecule has 2 saturated carbocycles. The summed E-state index contributed by atoms with van der Waals surface area (Å²) in [5.41, 5.74) is -5.48. The van der Waals surface area contributed by atoms with E-state index in [0.717, 1.165) is 0 Å². The summed E-state index contributed by atoms with van der Waals surface area (Å²) in [5, 5.41) is 59.7. The summed E-state index contributed by atoms with van der Waals surface area (Å²) in [6.45, 7) is 10.8. The SMILES string of the molecule is CC(=O)N[C@@H](C)[C@@H](O)C(=O)OC1C[C@@]2(O)[C@@H](C)[C@@H]3[C@]4(O)CO[C@@H]4C[C@H](O)[C@@]3(C)C(=O)[C@H](O)C(=C1C)C2(C)C.[Ac].[Ac]. The number of fused-ring (bicyclic) bond motifs is 5. The summed E-state index contributed by atoms with van der Waals surface area (Å²) in [6.07, 6.45) is -6.65. The van der Waals surface area contributed by atoms with Crippen LogP contribution in [0.4, 0.5) is 0 Å². The van der Waals surface area contributed by atoms with Crippen molar-refractivity contribution in [3.63, 3.8) is 0 Å². The fourth-order valence-corrected chi connectivity index (χ4v) is 7.93. The second kappa shape index (κ2) is 12.4. The number of hydrogen-bond acceptors (Lipinski definition) is 10. The number of hydrogen-bond donors (Lipinski definition) is 6. The Hall–Kier alpha value is 0.993. The average molecular weight is 994 g/mol. The largest absolute Gasteiger partial charge is 0.456 e. The van der Waals surface area contributed by atoms with E-state index < -0.39 is 88.1 Å². The Bertz CT molecular complexity index is 1080. The molecule has 3 aliphatic carbocycles. The standard InChI is InChI=1S/C27H41NO10.2Ac/c1-11-15(38-23(34)19(31)13(3)28-14(4)29)9-27(36)12(2)21-25(7,16(30)8-17-26(21,35)10-37-17)22(33)20(32)18(11)24(27,5)6;;/h12-13,15-17,19-21,30-32,35-36H,8-10H2,1-7H3,(H,28,29);;/t12-,13-,15?,16-,17+,19+,20+,21-,25+,26-,27+;;/m0../s1. The second-order valence-corrected chi connectivity index (χ2v) is 12.6. The van der Waals surface area contributed by atoms with E-state index in [-0.39, 0.29) is 113 Å². The number of carbonyl (C=O) groups is 3. The maximum Gasteiger partial charge on any atom is 0.337 e. The summed E-state index contributed by atoms with van der Waals surface area (Å²) < 4.78 is 11.2. The van der Waals surface area contributed by atoms with Crippen LogP contribution in [-0.2, 0) is 23.9 Å². The van der Waals surface area contributed by atoms with Crippen molar-refractivity contribution in [3.05, 3.63) is 11.1 Å². The van der Waals surface area contributed by atoms with Gasteiger partial charge in [0.15, 0.2) is 11.9 Å². The third kappa shape index (κ3) is 5.31. The molecule has 2 bridgehead atoms. The Labute approximate surface area is 306 Å². The van der Waals surface area contributed by atoms with Crippen LogP contribution in [0, 0.1) is 111 Å². The Morgan fingerprint density at radius 2 is 1.73 bits per heavy atom. The Morgan fingerprint density at radius 1 is 1.15 bits per heavy atom. The van der Waals surface area contributed by atoms with Crippen molar-refractivity contribution in [2.45, 2.75) is 109 Å². The van der Waals surface area contributed by atoms with Crippen LogP contribution >= 0.6 is 0 Å². The first kappa shape index (κ1) is 37.2. The van der Waals surface area contributed by atoms with Crippen LogP contribution in [0.5, 0.6) is 0 Å². The zero-order chi connectivity index (χ0) is 28.7. The quantitative estimate of drug-likeness (QED) is 0.157. The van der Waals surface area contributed by atoms with Crippen LogP contribution in [0.3, 0.4) is 0 Å². The van der Waals surface area contributed by atoms with Crippen molar-refractivity contribution in [2.24, 2.45) is 22.7 Å². The molecule has 4 rings (SSSR count). The van der Waals surface area contributed by atoms with Crippen molar-refractivity contribution in [1.29, 1.82) is 0 Å². The molecule has 0 spiro atoms. The van der Waals surface area contributed by atoms with Gasteiger partial charge in [0.1, 0.15) is 17.8 Å². The third-order valence-corrected chi connectivity index (χ3v) is 10.3. The minimum atomic E-state index is -1.75. The molecule has 1 unspecified atom stereocenters. The van der Waals surface area contributed by atoms with E-state index in [1.165, 1.54) is 20.8 Å². The predicted molar refractivity (Wildman–Crippen MR) is 132 cm³/mol. The van der Waals surface area contributed by atoms with Gasteiger partial charge >= 0.3 is 5.97 Å². The van der Waals surface area contributed by atoms with Gasteiger partial charge in [0.05, 0.1) is 35.9 Å². The summed E-state index contributed by atoms with van der Waals surface area (Å²) in [7, 11) is 0. The summed E-state index contributed by atoms with van der Waals surface area (Å²) in [4.78, 5) is 38.3. The summed E-state index contributed by atoms with van der Waals surface area (Å²) >= 11 is 0. The molecule has 1 saturated heterocycles. The smallest absolute Gasteiger partial charge is 0.337 e. The molecular formula is C27H41Ac2NO10. The molecule has 0 aromatic rings. The maximum absolute atomic E-state index is 14.0. The van der Waals surface area contributed by atoms with Crippen molar-refractivity contribution in [2.75, 3.05) is 6.61 Å². The number of Topliss-reactive ketones (excluding diaryl/α,β-unsaturated/α-hetero) is 1. The number of ketones is 1. The number of amides is 1. The zero-order valence-electron chi connectivity index (χ0n) is 24.2. The molecule has 1 aliphatic heterocycles. The van der Waals surface area contributed by atoms with E-state index in [2.05, 4.69) is 5.32 Å². The van der Waals surface area contributed by atoms with E-state index >= 15 is 0 Å². The fraction of sp³-hybridized carbons (Fsp3) is 0.815. The first-order valence-corrected chi connectivity index (χ1v) is 13.2. The van der Waals surface area contributed by atoms with E-state index in [0.29, 0.717) is 5.57 Å². The van der Waals surface area contributed by atoms with Gasteiger partial charge in [-0.3, -0.25) is 9.59 Å². The minimum absolute atomic E-state index is 0. The molecule has 4 aliphatic rings. The zero-order valence-corrected chi connectivity index (χ0v) is 33.7. The topological polar surface area (TPSA) is 183 Å². The number of nitrogens with one attached hydrogen (secondary N) is 1. The van der Waals surface area contributed by atoms with Crippen LogP contribution in [0.2, 0.25) is 0 Å². The van der Waals surface area contributed by atoms with Crippen LogP contribution < -0.4 is 5.32 Å². The molecule has 40 heavy (non-hydrogen) atoms. The number of carbonyl (C=O) groups excluding carboxylic acids is 3. The molecule has 0 aromatic carbocycles. The van der Waals surface area contributed by atoms with Crippen molar-refractivity contribution in [1.82, 2.24) is 5.32 Å². The molecule has 2 radical (unpaired) electrons. The van der Waals surface area contributed by atoms with E-state index in [1.54, 1.807) is 27.7 Å². The number of aliphatic hydroxyl groups is 5. The third-order valence-electron chi connectivity index (χ3n) is 10.3. The second-order valence-electron chi connectivity index (χ2n) is 12.6. The summed E-state index contributed by atoms with van der Waals surface area (Å²) in [5.74, 6) is -3.96. The van der Waals surface area contributed by atoms with E-state index in [4.69, 9.17) is 9.47 Å². The van der Waals surface area contributed by atoms with Crippen molar-refractivity contribution >= 4 is 17.7 Å². The van der Waals surface area contributed by atoms with E-state index in [9.17, 15) is 39.9 Å². The Kier molecular flexibility index (Phi) is 11.5. The molecule has 220 valence electrons. The van der Waals surface area contributed by atoms with Crippen LogP contribution in [0.15, 0.2) is 11.1 Å². The van der Waals surface area contributed by atoms with Gasteiger partial charge in [-0.15, -0.1) is 0 Å². The molecular weight excluding hydrogens is 952 g/mol. The number of aliphatic hydroxyl groups excluding tert-OH is 3. The van der Waals surface area contributed by atoms with Gasteiger partial charge in [-0.2, -0.15) is 0 Å². The number of esters is 1. The maximum atomic E-state index is 14.0. The summed E-state index contributed by atoms with van der Waals surface area (Å²) in [6, 6.07) is -0.943. The monoisotopic (exact) mass is 993 g/mol. The molecule has 0 aromatic heterocycles. The molecule has 1 heterocycles. The Morgan fingerprint density at radius 3 is 2.23 bits per heavy atom. The van der Waals surface area contributed by atoms with Gasteiger partial charge in [0.25, 0.3) is 0 Å². The van der Waals surface area contributed by atoms with Crippen LogP contribution in [-0.4, -0.2) is 97.6 Å². The number of ether oxygens (including phenoxy) is 2. The van der Waals surface area contributed by atoms with E-state index in [1.807, 2.05) is 0 Å². The van der Waals surface area contributed by atoms with Crippen molar-refractivity contribution in [3.8, 4) is 0 Å². The van der Waals surface area contributed by atoms with Gasteiger partial charge < -0.3 is 40.3 Å². The fourth-order valence-electron chi connectivity index (χ4n) is 7.93. The molecule has 11 atom stereocenters. The first-order valence-electron chi connectivity index (χ1n) is 13.2. The molecule has 6 N–H and O–H groups in total. The van der Waals surface area contributed by atoms with Crippen LogP contribution in [0.1, 0.15) is 61.3 Å². The van der Waals surface area contributed by atoms with Gasteiger partial charge in [-0.1, -0.05) is 20.8 Å². The van der Waals surface area contributed by atoms with Gasteiger partial charge in [-0.05, 0) is 37.8 Å². The normalized spacial score (nSPS) is 43.1. The molecule has 11 nitrogen and oxygen atoms in total. The van der Waals surface area contributed by atoms with Gasteiger partial charge in [-0.25, -0.2) is 4.79 Å². The van der Waals surface area contributed by atoms with Crippen LogP contribution in [0.25, 0.3) is 0 Å². The van der Waals surface area contributed by atoms with Gasteiger partial charge in [0, 0.05) is 119 Å².